The standard InChI is InChI=1S/C21H22Cl3FN2O2/c1-3-9-26-21(29)13(2)27(12-14-7-8-17(23)18(24)10-14)20(28)11-15-16(22)5-4-6-19(15)25/h4-8,10,13H,3,9,11-12H2,1-2H3,(H,26,29). The van der Waals surface area contributed by atoms with Crippen LogP contribution in [0.3, 0.4) is 0 Å². The van der Waals surface area contributed by atoms with Gasteiger partial charge in [-0.25, -0.2) is 4.39 Å². The van der Waals surface area contributed by atoms with Gasteiger partial charge in [0.15, 0.2) is 0 Å². The van der Waals surface area contributed by atoms with E-state index in [1.165, 1.54) is 23.1 Å². The first-order valence-electron chi connectivity index (χ1n) is 9.18. The van der Waals surface area contributed by atoms with E-state index in [4.69, 9.17) is 34.8 Å². The highest BCUT2D eigenvalue weighted by Gasteiger charge is 2.27. The van der Waals surface area contributed by atoms with Crippen LogP contribution in [0, 0.1) is 5.82 Å². The van der Waals surface area contributed by atoms with E-state index in [1.54, 1.807) is 25.1 Å². The van der Waals surface area contributed by atoms with Crippen LogP contribution in [0.1, 0.15) is 31.4 Å². The molecule has 2 amide bonds. The molecular weight excluding hydrogens is 438 g/mol. The first-order chi connectivity index (χ1) is 13.7. The minimum Gasteiger partial charge on any atom is -0.354 e. The zero-order valence-corrected chi connectivity index (χ0v) is 18.4. The van der Waals surface area contributed by atoms with E-state index in [2.05, 4.69) is 5.32 Å². The molecule has 0 aliphatic heterocycles. The summed E-state index contributed by atoms with van der Waals surface area (Å²) in [7, 11) is 0. The van der Waals surface area contributed by atoms with Crippen molar-refractivity contribution in [1.82, 2.24) is 10.2 Å². The molecule has 1 atom stereocenters. The first kappa shape index (κ1) is 23.5. The van der Waals surface area contributed by atoms with Gasteiger partial charge in [0.1, 0.15) is 11.9 Å². The molecule has 0 fully saturated rings. The summed E-state index contributed by atoms with van der Waals surface area (Å²) in [6.07, 6.45) is 0.502. The second kappa shape index (κ2) is 10.8. The second-order valence-corrected chi connectivity index (χ2v) is 7.84. The van der Waals surface area contributed by atoms with Crippen molar-refractivity contribution >= 4 is 46.6 Å². The van der Waals surface area contributed by atoms with E-state index < -0.39 is 17.8 Å². The van der Waals surface area contributed by atoms with Gasteiger partial charge in [-0.1, -0.05) is 53.9 Å². The Bertz CT molecular complexity index is 872. The SMILES string of the molecule is CCCNC(=O)C(C)N(Cc1ccc(Cl)c(Cl)c1)C(=O)Cc1c(F)cccc1Cl. The van der Waals surface area contributed by atoms with Crippen molar-refractivity contribution in [3.8, 4) is 0 Å². The van der Waals surface area contributed by atoms with Crippen molar-refractivity contribution < 1.29 is 14.0 Å². The van der Waals surface area contributed by atoms with Crippen LogP contribution in [-0.2, 0) is 22.6 Å². The van der Waals surface area contributed by atoms with E-state index in [0.29, 0.717) is 22.2 Å². The number of hydrogen-bond acceptors (Lipinski definition) is 2. The number of nitrogens with zero attached hydrogens (tertiary/aromatic N) is 1. The largest absolute Gasteiger partial charge is 0.354 e. The molecule has 0 aromatic heterocycles. The maximum atomic E-state index is 14.2. The number of benzene rings is 2. The average Bonchev–Trinajstić information content (AvgIpc) is 2.69. The molecular formula is C21H22Cl3FN2O2. The maximum absolute atomic E-state index is 14.2. The van der Waals surface area contributed by atoms with E-state index in [0.717, 1.165) is 6.42 Å². The molecule has 0 radical (unpaired) electrons. The van der Waals surface area contributed by atoms with Crippen LogP contribution in [0.2, 0.25) is 15.1 Å². The summed E-state index contributed by atoms with van der Waals surface area (Å²) >= 11 is 18.1. The number of carbonyl (C=O) groups excluding carboxylic acids is 2. The molecule has 0 bridgehead atoms. The normalized spacial score (nSPS) is 11.8. The fraction of sp³-hybridized carbons (Fsp3) is 0.333. The van der Waals surface area contributed by atoms with Crippen molar-refractivity contribution in [3.05, 3.63) is 68.4 Å². The molecule has 0 aliphatic rings. The van der Waals surface area contributed by atoms with Gasteiger partial charge in [-0.05, 0) is 43.2 Å². The lowest BCUT2D eigenvalue weighted by Gasteiger charge is -2.29. The monoisotopic (exact) mass is 458 g/mol. The topological polar surface area (TPSA) is 49.4 Å². The maximum Gasteiger partial charge on any atom is 0.242 e. The first-order valence-corrected chi connectivity index (χ1v) is 10.3. The van der Waals surface area contributed by atoms with Crippen molar-refractivity contribution in [3.63, 3.8) is 0 Å². The predicted octanol–water partition coefficient (Wildman–Crippen LogP) is 5.27. The molecule has 4 nitrogen and oxygen atoms in total. The Morgan fingerprint density at radius 2 is 1.83 bits per heavy atom. The van der Waals surface area contributed by atoms with Crippen molar-refractivity contribution in [2.24, 2.45) is 0 Å². The summed E-state index contributed by atoms with van der Waals surface area (Å²) in [5.41, 5.74) is 0.794. The van der Waals surface area contributed by atoms with Gasteiger partial charge in [0, 0.05) is 23.7 Å². The smallest absolute Gasteiger partial charge is 0.242 e. The lowest BCUT2D eigenvalue weighted by molar-refractivity contribution is -0.140. The van der Waals surface area contributed by atoms with E-state index in [-0.39, 0.29) is 29.5 Å². The third-order valence-electron chi connectivity index (χ3n) is 4.44. The zero-order valence-electron chi connectivity index (χ0n) is 16.1. The van der Waals surface area contributed by atoms with Crippen LogP contribution in [0.5, 0.6) is 0 Å². The Morgan fingerprint density at radius 3 is 2.45 bits per heavy atom. The van der Waals surface area contributed by atoms with Crippen LogP contribution in [0.25, 0.3) is 0 Å². The summed E-state index contributed by atoms with van der Waals surface area (Å²) in [6.45, 7) is 4.17. The van der Waals surface area contributed by atoms with Crippen LogP contribution >= 0.6 is 34.8 Å². The van der Waals surface area contributed by atoms with Crippen LogP contribution in [0.4, 0.5) is 4.39 Å². The zero-order chi connectivity index (χ0) is 21.6. The molecule has 1 N–H and O–H groups in total. The Kier molecular flexibility index (Phi) is 8.75. The van der Waals surface area contributed by atoms with E-state index in [1.807, 2.05) is 6.92 Å². The summed E-state index contributed by atoms with van der Waals surface area (Å²) < 4.78 is 14.2. The molecule has 156 valence electrons. The highest BCUT2D eigenvalue weighted by molar-refractivity contribution is 6.42. The molecule has 0 saturated carbocycles. The molecule has 8 heteroatoms. The quantitative estimate of drug-likeness (QED) is 0.584. The molecule has 0 heterocycles. The van der Waals surface area contributed by atoms with Gasteiger partial charge in [-0.3, -0.25) is 9.59 Å². The van der Waals surface area contributed by atoms with Gasteiger partial charge in [-0.15, -0.1) is 0 Å². The van der Waals surface area contributed by atoms with Crippen molar-refractivity contribution in [2.75, 3.05) is 6.54 Å². The highest BCUT2D eigenvalue weighted by atomic mass is 35.5. The summed E-state index contributed by atoms with van der Waals surface area (Å²) in [5.74, 6) is -1.29. The van der Waals surface area contributed by atoms with Crippen LogP contribution in [-0.4, -0.2) is 29.3 Å². The molecule has 0 spiro atoms. The molecule has 0 aliphatic carbocycles. The number of nitrogens with one attached hydrogen (secondary N) is 1. The van der Waals surface area contributed by atoms with Crippen LogP contribution in [0.15, 0.2) is 36.4 Å². The average molecular weight is 460 g/mol. The van der Waals surface area contributed by atoms with E-state index in [9.17, 15) is 14.0 Å². The van der Waals surface area contributed by atoms with Crippen LogP contribution < -0.4 is 5.32 Å². The van der Waals surface area contributed by atoms with E-state index >= 15 is 0 Å². The van der Waals surface area contributed by atoms with Gasteiger partial charge in [0.25, 0.3) is 0 Å². The third-order valence-corrected chi connectivity index (χ3v) is 5.54. The van der Waals surface area contributed by atoms with Gasteiger partial charge in [0.05, 0.1) is 16.5 Å². The molecule has 2 rings (SSSR count). The number of rotatable bonds is 8. The Labute approximate surface area is 184 Å². The number of halogens is 4. The molecule has 1 unspecified atom stereocenters. The van der Waals surface area contributed by atoms with Crippen molar-refractivity contribution in [1.29, 1.82) is 0 Å². The molecule has 0 saturated heterocycles. The summed E-state index contributed by atoms with van der Waals surface area (Å²) in [4.78, 5) is 26.9. The van der Waals surface area contributed by atoms with Gasteiger partial charge in [-0.2, -0.15) is 0 Å². The highest BCUT2D eigenvalue weighted by Crippen LogP contribution is 2.25. The molecule has 29 heavy (non-hydrogen) atoms. The third kappa shape index (κ3) is 6.33. The predicted molar refractivity (Wildman–Crippen MR) is 115 cm³/mol. The summed E-state index contributed by atoms with van der Waals surface area (Å²) in [5, 5.41) is 3.68. The fourth-order valence-corrected chi connectivity index (χ4v) is 3.32. The second-order valence-electron chi connectivity index (χ2n) is 6.61. The molecule has 2 aromatic carbocycles. The molecule has 2 aromatic rings. The number of carbonyl (C=O) groups is 2. The minimum atomic E-state index is -0.769. The van der Waals surface area contributed by atoms with Gasteiger partial charge >= 0.3 is 0 Å². The Hall–Kier alpha value is -1.82. The lowest BCUT2D eigenvalue weighted by Crippen LogP contribution is -2.48. The van der Waals surface area contributed by atoms with Gasteiger partial charge < -0.3 is 10.2 Å². The number of amides is 2. The van der Waals surface area contributed by atoms with Gasteiger partial charge in [0.2, 0.25) is 11.8 Å². The number of hydrogen-bond donors (Lipinski definition) is 1. The minimum absolute atomic E-state index is 0.0967. The Balaban J connectivity index is 2.30. The lowest BCUT2D eigenvalue weighted by atomic mass is 10.1. The summed E-state index contributed by atoms with van der Waals surface area (Å²) in [6, 6.07) is 8.45. The Morgan fingerprint density at radius 1 is 1.10 bits per heavy atom. The fourth-order valence-electron chi connectivity index (χ4n) is 2.77. The van der Waals surface area contributed by atoms with Crippen molar-refractivity contribution in [2.45, 2.75) is 39.3 Å².